The maximum absolute atomic E-state index is 6.92. The fraction of sp³-hybridized carbons (Fsp3) is 0.833. The highest BCUT2D eigenvalue weighted by molar-refractivity contribution is 6.62. The summed E-state index contributed by atoms with van der Waals surface area (Å²) in [6, 6.07) is 0. The Hall–Kier alpha value is -0.683. The summed E-state index contributed by atoms with van der Waals surface area (Å²) >= 11 is 0. The van der Waals surface area contributed by atoms with Crippen LogP contribution in [0.5, 0.6) is 0 Å². The second kappa shape index (κ2) is 21.9. The summed E-state index contributed by atoms with van der Waals surface area (Å²) < 4.78 is 20.7. The SMILES string of the molecule is CC(C)=CCCC(C)CCO[Si](OCCC(C)CCC=C(C)C)(OCCC(C)CCC=C(C)C)C1CCCCC1. The highest BCUT2D eigenvalue weighted by Crippen LogP contribution is 2.40. The molecule has 1 aliphatic carbocycles. The second-order valence-electron chi connectivity index (χ2n) is 13.7. The van der Waals surface area contributed by atoms with Crippen LogP contribution in [0.3, 0.4) is 0 Å². The van der Waals surface area contributed by atoms with Crippen LogP contribution in [0, 0.1) is 17.8 Å². The van der Waals surface area contributed by atoms with Gasteiger partial charge in [0.2, 0.25) is 0 Å². The zero-order valence-corrected chi connectivity index (χ0v) is 29.3. The number of rotatable bonds is 22. The molecule has 234 valence electrons. The fourth-order valence-electron chi connectivity index (χ4n) is 5.54. The Morgan fingerprint density at radius 1 is 0.550 bits per heavy atom. The first kappa shape index (κ1) is 37.3. The largest absolute Gasteiger partial charge is 0.504 e. The van der Waals surface area contributed by atoms with Gasteiger partial charge in [-0.2, -0.15) is 0 Å². The minimum absolute atomic E-state index is 0.462. The second-order valence-corrected chi connectivity index (χ2v) is 16.6. The molecule has 0 spiro atoms. The van der Waals surface area contributed by atoms with Crippen LogP contribution in [-0.4, -0.2) is 28.6 Å². The van der Waals surface area contributed by atoms with Crippen LogP contribution in [0.4, 0.5) is 0 Å². The van der Waals surface area contributed by atoms with E-state index in [2.05, 4.69) is 80.5 Å². The van der Waals surface area contributed by atoms with Crippen molar-refractivity contribution in [3.63, 3.8) is 0 Å². The lowest BCUT2D eigenvalue weighted by Crippen LogP contribution is -2.51. The van der Waals surface area contributed by atoms with Gasteiger partial charge >= 0.3 is 8.80 Å². The molecular formula is C36H68O3Si. The van der Waals surface area contributed by atoms with Crippen molar-refractivity contribution in [2.45, 2.75) is 158 Å². The van der Waals surface area contributed by atoms with Gasteiger partial charge < -0.3 is 13.3 Å². The van der Waals surface area contributed by atoms with Crippen LogP contribution < -0.4 is 0 Å². The summed E-state index contributed by atoms with van der Waals surface area (Å²) in [5.41, 5.74) is 4.71. The molecule has 1 fully saturated rings. The van der Waals surface area contributed by atoms with E-state index >= 15 is 0 Å². The smallest absolute Gasteiger partial charge is 0.373 e. The summed E-state index contributed by atoms with van der Waals surface area (Å²) in [5.74, 6) is 1.96. The molecule has 1 aliphatic rings. The van der Waals surface area contributed by atoms with E-state index in [1.807, 2.05) is 0 Å². The van der Waals surface area contributed by atoms with Gasteiger partial charge in [0.25, 0.3) is 0 Å². The Kier molecular flexibility index (Phi) is 20.5. The normalized spacial score (nSPS) is 17.9. The molecule has 3 unspecified atom stereocenters. The summed E-state index contributed by atoms with van der Waals surface area (Å²) in [6.45, 7) is 22.6. The van der Waals surface area contributed by atoms with Gasteiger partial charge in [-0.25, -0.2) is 0 Å². The predicted molar refractivity (Wildman–Crippen MR) is 178 cm³/mol. The summed E-state index contributed by atoms with van der Waals surface area (Å²) in [4.78, 5) is 0. The third-order valence-corrected chi connectivity index (χ3v) is 11.9. The van der Waals surface area contributed by atoms with Crippen LogP contribution in [0.1, 0.15) is 152 Å². The van der Waals surface area contributed by atoms with E-state index in [1.165, 1.54) is 68.1 Å². The van der Waals surface area contributed by atoms with Gasteiger partial charge in [0.15, 0.2) is 0 Å². The zero-order valence-electron chi connectivity index (χ0n) is 28.3. The molecule has 1 saturated carbocycles. The van der Waals surface area contributed by atoms with E-state index in [-0.39, 0.29) is 0 Å². The van der Waals surface area contributed by atoms with E-state index in [1.54, 1.807) is 0 Å². The minimum Gasteiger partial charge on any atom is -0.373 e. The van der Waals surface area contributed by atoms with Crippen molar-refractivity contribution in [3.8, 4) is 0 Å². The van der Waals surface area contributed by atoms with Gasteiger partial charge in [0.05, 0.1) is 0 Å². The van der Waals surface area contributed by atoms with Crippen molar-refractivity contribution in [2.24, 2.45) is 17.8 Å². The van der Waals surface area contributed by atoms with Gasteiger partial charge in [-0.15, -0.1) is 0 Å². The van der Waals surface area contributed by atoms with Crippen molar-refractivity contribution in [1.82, 2.24) is 0 Å². The van der Waals surface area contributed by atoms with Gasteiger partial charge in [-0.3, -0.25) is 0 Å². The molecule has 0 N–H and O–H groups in total. The third-order valence-electron chi connectivity index (χ3n) is 8.48. The Bertz CT molecular complexity index is 639. The molecule has 0 aromatic heterocycles. The summed E-state index contributed by atoms with van der Waals surface area (Å²) in [5, 5.41) is 0. The number of hydrogen-bond donors (Lipinski definition) is 0. The highest BCUT2D eigenvalue weighted by Gasteiger charge is 2.49. The molecule has 0 aliphatic heterocycles. The highest BCUT2D eigenvalue weighted by atomic mass is 28.4. The maximum atomic E-state index is 6.92. The molecule has 0 heterocycles. The molecule has 4 heteroatoms. The molecule has 1 rings (SSSR count). The average Bonchev–Trinajstić information content (AvgIpc) is 2.88. The van der Waals surface area contributed by atoms with Crippen LogP contribution in [-0.2, 0) is 13.3 Å². The van der Waals surface area contributed by atoms with Gasteiger partial charge in [0, 0.05) is 25.4 Å². The molecule has 0 bridgehead atoms. The van der Waals surface area contributed by atoms with Crippen LogP contribution in [0.2, 0.25) is 5.54 Å². The van der Waals surface area contributed by atoms with Crippen molar-refractivity contribution in [1.29, 1.82) is 0 Å². The lowest BCUT2D eigenvalue weighted by atomic mass is 10.0. The van der Waals surface area contributed by atoms with Gasteiger partial charge in [0.1, 0.15) is 0 Å². The topological polar surface area (TPSA) is 27.7 Å². The molecule has 3 atom stereocenters. The minimum atomic E-state index is -2.78. The molecule has 0 amide bonds. The molecule has 3 nitrogen and oxygen atoms in total. The fourth-order valence-corrected chi connectivity index (χ4v) is 8.82. The van der Waals surface area contributed by atoms with Gasteiger partial charge in [-0.1, -0.05) is 75.0 Å². The Labute approximate surface area is 252 Å². The van der Waals surface area contributed by atoms with Gasteiger partial charge in [-0.05, 0) is 130 Å². The first-order valence-corrected chi connectivity index (χ1v) is 18.7. The van der Waals surface area contributed by atoms with E-state index in [9.17, 15) is 0 Å². The maximum Gasteiger partial charge on any atom is 0.504 e. The summed E-state index contributed by atoms with van der Waals surface area (Å²) in [6.07, 6.45) is 23.8. The van der Waals surface area contributed by atoms with Crippen molar-refractivity contribution in [3.05, 3.63) is 34.9 Å². The molecule has 0 aromatic rings. The average molecular weight is 577 g/mol. The monoisotopic (exact) mass is 576 g/mol. The Balaban J connectivity index is 2.87. The van der Waals surface area contributed by atoms with E-state index < -0.39 is 8.80 Å². The van der Waals surface area contributed by atoms with Crippen LogP contribution >= 0.6 is 0 Å². The van der Waals surface area contributed by atoms with Crippen molar-refractivity contribution < 1.29 is 13.3 Å². The quantitative estimate of drug-likeness (QED) is 0.0947. The predicted octanol–water partition coefficient (Wildman–Crippen LogP) is 11.6. The number of allylic oxidation sites excluding steroid dienone is 6. The third kappa shape index (κ3) is 18.0. The Morgan fingerprint density at radius 3 is 1.18 bits per heavy atom. The standard InChI is InChI=1S/C36H68O3Si/c1-30(2)16-13-19-33(7)24-27-37-40(36-22-11-10-12-23-36,38-28-25-34(8)20-14-17-31(3)4)39-29-26-35(9)21-15-18-32(5)6/h16-18,33-36H,10-15,19-29H2,1-9H3. The molecule has 0 radical (unpaired) electrons. The van der Waals surface area contributed by atoms with E-state index in [0.29, 0.717) is 23.3 Å². The van der Waals surface area contributed by atoms with Crippen LogP contribution in [0.25, 0.3) is 0 Å². The first-order valence-electron chi connectivity index (χ1n) is 16.9. The van der Waals surface area contributed by atoms with Crippen molar-refractivity contribution in [2.75, 3.05) is 19.8 Å². The summed E-state index contributed by atoms with van der Waals surface area (Å²) in [7, 11) is -2.78. The molecule has 40 heavy (non-hydrogen) atoms. The molecule has 0 aromatic carbocycles. The zero-order chi connectivity index (χ0) is 29.8. The number of hydrogen-bond acceptors (Lipinski definition) is 3. The Morgan fingerprint density at radius 2 is 0.875 bits per heavy atom. The first-order chi connectivity index (χ1) is 19.0. The lowest BCUT2D eigenvalue weighted by Gasteiger charge is -2.38. The van der Waals surface area contributed by atoms with E-state index in [4.69, 9.17) is 13.3 Å². The lowest BCUT2D eigenvalue weighted by molar-refractivity contribution is 0.0351. The molecule has 0 saturated heterocycles. The van der Waals surface area contributed by atoms with Crippen molar-refractivity contribution >= 4 is 8.80 Å². The molecular weight excluding hydrogens is 508 g/mol. The van der Waals surface area contributed by atoms with Crippen LogP contribution in [0.15, 0.2) is 34.9 Å². The van der Waals surface area contributed by atoms with E-state index in [0.717, 1.165) is 58.3 Å².